The molecule has 0 bridgehead atoms. The fourth-order valence-corrected chi connectivity index (χ4v) is 3.75. The fourth-order valence-electron chi connectivity index (χ4n) is 2.45. The van der Waals surface area contributed by atoms with Crippen molar-refractivity contribution in [1.82, 2.24) is 15.4 Å². The molecule has 1 fully saturated rings. The molecule has 2 heterocycles. The highest BCUT2D eigenvalue weighted by atomic mass is 32.2. The molecular weight excluding hydrogens is 296 g/mol. The maximum atomic E-state index is 5.38. The van der Waals surface area contributed by atoms with E-state index in [1.54, 1.807) is 0 Å². The number of guanidine groups is 1. The minimum Gasteiger partial charge on any atom is -0.359 e. The van der Waals surface area contributed by atoms with Crippen LogP contribution < -0.4 is 5.32 Å². The predicted octanol–water partition coefficient (Wildman–Crippen LogP) is 2.95. The van der Waals surface area contributed by atoms with Gasteiger partial charge in [0.25, 0.3) is 0 Å². The Morgan fingerprint density at radius 2 is 2.27 bits per heavy atom. The topological polar surface area (TPSA) is 53.7 Å². The van der Waals surface area contributed by atoms with Gasteiger partial charge in [-0.3, -0.25) is 4.99 Å². The molecule has 22 heavy (non-hydrogen) atoms. The third-order valence-electron chi connectivity index (χ3n) is 3.94. The summed E-state index contributed by atoms with van der Waals surface area (Å²) in [5, 5.41) is 8.17. The van der Waals surface area contributed by atoms with Gasteiger partial charge in [0.15, 0.2) is 11.7 Å². The Bertz CT molecular complexity index is 498. The van der Waals surface area contributed by atoms with Crippen molar-refractivity contribution < 1.29 is 4.52 Å². The number of nitrogens with one attached hydrogen (secondary N) is 1. The highest BCUT2D eigenvalue weighted by Crippen LogP contribution is 2.24. The Balaban J connectivity index is 1.91. The van der Waals surface area contributed by atoms with Crippen LogP contribution in [-0.4, -0.2) is 47.2 Å². The second kappa shape index (κ2) is 7.90. The van der Waals surface area contributed by atoms with Gasteiger partial charge in [-0.2, -0.15) is 11.8 Å². The molecule has 0 aromatic carbocycles. The van der Waals surface area contributed by atoms with Gasteiger partial charge in [0.1, 0.15) is 0 Å². The van der Waals surface area contributed by atoms with E-state index in [1.165, 1.54) is 0 Å². The maximum absolute atomic E-state index is 5.38. The first kappa shape index (κ1) is 17.2. The first-order valence-corrected chi connectivity index (χ1v) is 9.08. The van der Waals surface area contributed by atoms with Crippen molar-refractivity contribution in [2.75, 3.05) is 25.9 Å². The zero-order chi connectivity index (χ0) is 16.1. The van der Waals surface area contributed by atoms with Crippen LogP contribution in [0.1, 0.15) is 45.1 Å². The van der Waals surface area contributed by atoms with Crippen LogP contribution in [0.15, 0.2) is 15.6 Å². The van der Waals surface area contributed by atoms with E-state index in [-0.39, 0.29) is 0 Å². The van der Waals surface area contributed by atoms with Gasteiger partial charge < -0.3 is 14.7 Å². The van der Waals surface area contributed by atoms with Crippen molar-refractivity contribution in [1.29, 1.82) is 0 Å². The lowest BCUT2D eigenvalue weighted by atomic mass is 10.1. The van der Waals surface area contributed by atoms with Gasteiger partial charge in [0.05, 0.1) is 12.2 Å². The molecule has 0 aliphatic carbocycles. The Kier molecular flexibility index (Phi) is 6.17. The van der Waals surface area contributed by atoms with Gasteiger partial charge in [-0.1, -0.05) is 32.9 Å². The van der Waals surface area contributed by atoms with Crippen molar-refractivity contribution in [3.63, 3.8) is 0 Å². The van der Waals surface area contributed by atoms with Crippen molar-refractivity contribution in [3.05, 3.63) is 17.5 Å². The number of thioether (sulfide) groups is 1. The third kappa shape index (κ3) is 4.41. The van der Waals surface area contributed by atoms with Crippen molar-refractivity contribution in [2.24, 2.45) is 10.9 Å². The number of aliphatic imine (C=N–C) groups is 1. The first-order chi connectivity index (χ1) is 10.5. The normalized spacial score (nSPS) is 20.0. The molecule has 0 radical (unpaired) electrons. The summed E-state index contributed by atoms with van der Waals surface area (Å²) in [5.74, 6) is 4.05. The van der Waals surface area contributed by atoms with Crippen LogP contribution in [0.3, 0.4) is 0 Å². The Hall–Kier alpha value is -1.17. The Morgan fingerprint density at radius 1 is 1.50 bits per heavy atom. The summed E-state index contributed by atoms with van der Waals surface area (Å²) in [7, 11) is 1.84. The van der Waals surface area contributed by atoms with E-state index in [1.807, 2.05) is 13.1 Å². The van der Waals surface area contributed by atoms with Crippen LogP contribution in [0, 0.1) is 5.92 Å². The first-order valence-electron chi connectivity index (χ1n) is 8.04. The van der Waals surface area contributed by atoms with E-state index in [4.69, 9.17) is 4.52 Å². The molecule has 2 rings (SSSR count). The van der Waals surface area contributed by atoms with Crippen LogP contribution in [0.4, 0.5) is 0 Å². The fraction of sp³-hybridized carbons (Fsp3) is 0.750. The Morgan fingerprint density at radius 3 is 2.86 bits per heavy atom. The summed E-state index contributed by atoms with van der Waals surface area (Å²) in [6.07, 6.45) is 0. The molecule has 1 atom stereocenters. The molecule has 0 amide bonds. The molecule has 1 unspecified atom stereocenters. The Labute approximate surface area is 137 Å². The van der Waals surface area contributed by atoms with E-state index in [2.05, 4.69) is 59.8 Å². The molecule has 1 aromatic rings. The zero-order valence-corrected chi connectivity index (χ0v) is 15.1. The van der Waals surface area contributed by atoms with E-state index in [0.29, 0.717) is 23.6 Å². The van der Waals surface area contributed by atoms with Gasteiger partial charge >= 0.3 is 0 Å². The van der Waals surface area contributed by atoms with E-state index < -0.39 is 0 Å². The zero-order valence-electron chi connectivity index (χ0n) is 14.3. The van der Waals surface area contributed by atoms with E-state index in [9.17, 15) is 0 Å². The maximum Gasteiger partial charge on any atom is 0.194 e. The largest absolute Gasteiger partial charge is 0.359 e. The van der Waals surface area contributed by atoms with Gasteiger partial charge in [0, 0.05) is 37.2 Å². The molecule has 5 nitrogen and oxygen atoms in total. The van der Waals surface area contributed by atoms with E-state index in [0.717, 1.165) is 36.3 Å². The average Bonchev–Trinajstić information content (AvgIpc) is 2.97. The van der Waals surface area contributed by atoms with Gasteiger partial charge in [-0.15, -0.1) is 0 Å². The van der Waals surface area contributed by atoms with Crippen LogP contribution >= 0.6 is 11.8 Å². The lowest BCUT2D eigenvalue weighted by molar-refractivity contribution is 0.359. The van der Waals surface area contributed by atoms with Gasteiger partial charge in [0.2, 0.25) is 0 Å². The van der Waals surface area contributed by atoms with Gasteiger partial charge in [-0.05, 0) is 11.8 Å². The highest BCUT2D eigenvalue weighted by molar-refractivity contribution is 8.00. The lowest BCUT2D eigenvalue weighted by Crippen LogP contribution is -2.48. The number of hydrogen-bond acceptors (Lipinski definition) is 4. The monoisotopic (exact) mass is 324 g/mol. The number of hydrogen-bond donors (Lipinski definition) is 1. The summed E-state index contributed by atoms with van der Waals surface area (Å²) in [6, 6.07) is 2.02. The van der Waals surface area contributed by atoms with Crippen LogP contribution in [0.5, 0.6) is 0 Å². The molecule has 0 spiro atoms. The summed E-state index contributed by atoms with van der Waals surface area (Å²) < 4.78 is 5.38. The molecule has 124 valence electrons. The standard InChI is InChI=1S/C16H28N4OS/c1-11(2)14-8-13(21-19-14)9-18-16(17-5)20-6-7-22-15(10-20)12(3)4/h8,11-12,15H,6-7,9-10H2,1-5H3,(H,17,18). The van der Waals surface area contributed by atoms with Crippen molar-refractivity contribution in [3.8, 4) is 0 Å². The van der Waals surface area contributed by atoms with Crippen LogP contribution in [0.25, 0.3) is 0 Å². The summed E-state index contributed by atoms with van der Waals surface area (Å²) >= 11 is 2.07. The molecular formula is C16H28N4OS. The molecule has 1 saturated heterocycles. The van der Waals surface area contributed by atoms with Crippen molar-refractivity contribution >= 4 is 17.7 Å². The SMILES string of the molecule is CN=C(NCc1cc(C(C)C)no1)N1CCSC(C(C)C)C1. The summed E-state index contributed by atoms with van der Waals surface area (Å²) in [6.45, 7) is 11.5. The number of nitrogens with zero attached hydrogens (tertiary/aromatic N) is 3. The second-order valence-electron chi connectivity index (χ2n) is 6.37. The summed E-state index contributed by atoms with van der Waals surface area (Å²) in [4.78, 5) is 6.77. The number of aromatic nitrogens is 1. The second-order valence-corrected chi connectivity index (χ2v) is 7.72. The highest BCUT2D eigenvalue weighted by Gasteiger charge is 2.24. The van der Waals surface area contributed by atoms with Gasteiger partial charge in [-0.25, -0.2) is 0 Å². The quantitative estimate of drug-likeness (QED) is 0.682. The molecule has 1 aliphatic heterocycles. The average molecular weight is 324 g/mol. The van der Waals surface area contributed by atoms with Crippen LogP contribution in [-0.2, 0) is 6.54 Å². The predicted molar refractivity (Wildman–Crippen MR) is 93.4 cm³/mol. The minimum atomic E-state index is 0.391. The third-order valence-corrected chi connectivity index (χ3v) is 5.48. The molecule has 1 aromatic heterocycles. The van der Waals surface area contributed by atoms with E-state index >= 15 is 0 Å². The molecule has 1 aliphatic rings. The summed E-state index contributed by atoms with van der Waals surface area (Å²) in [5.41, 5.74) is 1.00. The van der Waals surface area contributed by atoms with Crippen LogP contribution in [0.2, 0.25) is 0 Å². The minimum absolute atomic E-state index is 0.391. The smallest absolute Gasteiger partial charge is 0.194 e. The van der Waals surface area contributed by atoms with Crippen molar-refractivity contribution in [2.45, 2.75) is 45.4 Å². The lowest BCUT2D eigenvalue weighted by Gasteiger charge is -2.36. The molecule has 0 saturated carbocycles. The molecule has 6 heteroatoms. The number of rotatable bonds is 4. The molecule has 1 N–H and O–H groups in total.